The van der Waals surface area contributed by atoms with Crippen LogP contribution in [0, 0.1) is 18.3 Å². The molecule has 0 bridgehead atoms. The Balaban J connectivity index is 1.64. The van der Waals surface area contributed by atoms with Gasteiger partial charge in [0.25, 0.3) is 0 Å². The standard InChI is InChI=1S/C17H19N7O/c1-11-7-12(8-18)9-19-15(11)21-17-20-10-14-16(22-17)24(23(14)2)13-3-5-25-6-4-13/h7,9-10,13H,3-6H2,1-2H3,(H,19,20,21,22). The van der Waals surface area contributed by atoms with Crippen molar-refractivity contribution in [2.45, 2.75) is 25.8 Å². The molecule has 0 spiro atoms. The van der Waals surface area contributed by atoms with Crippen molar-refractivity contribution in [3.8, 4) is 6.07 Å². The van der Waals surface area contributed by atoms with E-state index in [1.165, 1.54) is 0 Å². The van der Waals surface area contributed by atoms with Gasteiger partial charge in [-0.05, 0) is 31.4 Å². The highest BCUT2D eigenvalue weighted by Crippen LogP contribution is 2.28. The fraction of sp³-hybridized carbons (Fsp3) is 0.412. The highest BCUT2D eigenvalue weighted by atomic mass is 16.5. The molecule has 0 aliphatic carbocycles. The summed E-state index contributed by atoms with van der Waals surface area (Å²) in [5, 5.41) is 12.1. The minimum Gasteiger partial charge on any atom is -0.381 e. The number of rotatable bonds is 3. The largest absolute Gasteiger partial charge is 0.381 e. The third kappa shape index (κ3) is 2.72. The molecule has 3 aromatic rings. The molecule has 0 aromatic carbocycles. The van der Waals surface area contributed by atoms with Crippen LogP contribution in [0.25, 0.3) is 11.2 Å². The Morgan fingerprint density at radius 3 is 2.80 bits per heavy atom. The molecule has 1 fully saturated rings. The van der Waals surface area contributed by atoms with E-state index in [0.717, 1.165) is 42.8 Å². The normalized spacial score (nSPS) is 15.4. The lowest BCUT2D eigenvalue weighted by Gasteiger charge is -2.32. The summed E-state index contributed by atoms with van der Waals surface area (Å²) in [5.41, 5.74) is 3.36. The van der Waals surface area contributed by atoms with Gasteiger partial charge in [0, 0.05) is 26.5 Å². The van der Waals surface area contributed by atoms with E-state index in [1.54, 1.807) is 12.3 Å². The van der Waals surface area contributed by atoms with E-state index in [9.17, 15) is 0 Å². The van der Waals surface area contributed by atoms with Crippen LogP contribution in [0.2, 0.25) is 0 Å². The van der Waals surface area contributed by atoms with Crippen LogP contribution >= 0.6 is 0 Å². The van der Waals surface area contributed by atoms with Crippen molar-refractivity contribution in [2.75, 3.05) is 18.5 Å². The number of nitrogens with zero attached hydrogens (tertiary/aromatic N) is 6. The Labute approximate surface area is 145 Å². The first-order valence-electron chi connectivity index (χ1n) is 8.29. The lowest BCUT2D eigenvalue weighted by molar-refractivity contribution is 0.0631. The number of pyridine rings is 1. The average Bonchev–Trinajstić information content (AvgIpc) is 2.64. The van der Waals surface area contributed by atoms with Gasteiger partial charge in [0.1, 0.15) is 17.4 Å². The predicted octanol–water partition coefficient (Wildman–Crippen LogP) is 2.44. The molecule has 3 aromatic heterocycles. The van der Waals surface area contributed by atoms with Gasteiger partial charge >= 0.3 is 0 Å². The van der Waals surface area contributed by atoms with Gasteiger partial charge in [0.2, 0.25) is 5.95 Å². The molecule has 4 rings (SSSR count). The molecule has 0 atom stereocenters. The molecule has 1 aliphatic rings. The first-order valence-corrected chi connectivity index (χ1v) is 8.29. The van der Waals surface area contributed by atoms with Crippen LogP contribution in [0.4, 0.5) is 11.8 Å². The van der Waals surface area contributed by atoms with Crippen molar-refractivity contribution in [1.29, 1.82) is 5.26 Å². The van der Waals surface area contributed by atoms with E-state index in [-0.39, 0.29) is 0 Å². The quantitative estimate of drug-likeness (QED) is 0.789. The SMILES string of the molecule is Cc1cc(C#N)cnc1Nc1ncc2c(n1)n(C1CCOCC1)n2C. The highest BCUT2D eigenvalue weighted by Gasteiger charge is 2.23. The van der Waals surface area contributed by atoms with Crippen molar-refractivity contribution in [3.63, 3.8) is 0 Å². The second kappa shape index (κ2) is 6.18. The van der Waals surface area contributed by atoms with Crippen LogP contribution in [0.15, 0.2) is 18.5 Å². The van der Waals surface area contributed by atoms with Crippen LogP contribution < -0.4 is 5.32 Å². The summed E-state index contributed by atoms with van der Waals surface area (Å²) in [6, 6.07) is 4.28. The summed E-state index contributed by atoms with van der Waals surface area (Å²) in [6.07, 6.45) is 5.34. The number of aromatic nitrogens is 5. The fourth-order valence-corrected chi connectivity index (χ4v) is 3.26. The maximum absolute atomic E-state index is 8.94. The molecule has 1 saturated heterocycles. The molecule has 1 N–H and O–H groups in total. The lowest BCUT2D eigenvalue weighted by atomic mass is 10.1. The van der Waals surface area contributed by atoms with E-state index in [1.807, 2.05) is 20.2 Å². The number of nitrogens with one attached hydrogen (secondary N) is 1. The monoisotopic (exact) mass is 337 g/mol. The van der Waals surface area contributed by atoms with Crippen LogP contribution in [0.3, 0.4) is 0 Å². The average molecular weight is 337 g/mol. The van der Waals surface area contributed by atoms with Crippen molar-refractivity contribution in [1.82, 2.24) is 24.3 Å². The molecule has 8 heteroatoms. The Bertz CT molecular complexity index is 959. The molecule has 0 amide bonds. The number of fused-ring (bicyclic) bond motifs is 1. The van der Waals surface area contributed by atoms with Crippen molar-refractivity contribution < 1.29 is 4.74 Å². The van der Waals surface area contributed by atoms with Crippen molar-refractivity contribution >= 4 is 22.9 Å². The molecular weight excluding hydrogens is 318 g/mol. The summed E-state index contributed by atoms with van der Waals surface area (Å²) in [5.74, 6) is 1.16. The lowest BCUT2D eigenvalue weighted by Crippen LogP contribution is -2.30. The van der Waals surface area contributed by atoms with Gasteiger partial charge in [-0.2, -0.15) is 10.2 Å². The van der Waals surface area contributed by atoms with Gasteiger partial charge in [0.15, 0.2) is 5.65 Å². The van der Waals surface area contributed by atoms with Crippen LogP contribution in [0.5, 0.6) is 0 Å². The zero-order valence-corrected chi connectivity index (χ0v) is 14.2. The van der Waals surface area contributed by atoms with E-state index < -0.39 is 0 Å². The second-order valence-electron chi connectivity index (χ2n) is 6.24. The third-order valence-corrected chi connectivity index (χ3v) is 4.61. The Hall–Kier alpha value is -2.92. The first kappa shape index (κ1) is 15.6. The number of aryl methyl sites for hydroxylation is 2. The van der Waals surface area contributed by atoms with Gasteiger partial charge < -0.3 is 10.1 Å². The van der Waals surface area contributed by atoms with Crippen molar-refractivity contribution in [2.24, 2.45) is 7.05 Å². The van der Waals surface area contributed by atoms with Crippen LogP contribution in [0.1, 0.15) is 30.0 Å². The number of hydrogen-bond acceptors (Lipinski definition) is 6. The van der Waals surface area contributed by atoms with E-state index in [4.69, 9.17) is 10.00 Å². The predicted molar refractivity (Wildman–Crippen MR) is 92.6 cm³/mol. The van der Waals surface area contributed by atoms with Gasteiger partial charge in [-0.3, -0.25) is 9.36 Å². The fourth-order valence-electron chi connectivity index (χ4n) is 3.26. The summed E-state index contributed by atoms with van der Waals surface area (Å²) in [4.78, 5) is 13.3. The Morgan fingerprint density at radius 1 is 1.28 bits per heavy atom. The van der Waals surface area contributed by atoms with Gasteiger partial charge in [-0.25, -0.2) is 9.97 Å². The van der Waals surface area contributed by atoms with Gasteiger partial charge in [0.05, 0.1) is 17.8 Å². The molecule has 128 valence electrons. The Kier molecular flexibility index (Phi) is 3.86. The minimum absolute atomic E-state index is 0.406. The summed E-state index contributed by atoms with van der Waals surface area (Å²) < 4.78 is 9.76. The summed E-state index contributed by atoms with van der Waals surface area (Å²) >= 11 is 0. The van der Waals surface area contributed by atoms with Crippen LogP contribution in [-0.2, 0) is 11.8 Å². The van der Waals surface area contributed by atoms with Crippen molar-refractivity contribution in [3.05, 3.63) is 29.6 Å². The number of hydrogen-bond donors (Lipinski definition) is 1. The zero-order valence-electron chi connectivity index (χ0n) is 14.2. The van der Waals surface area contributed by atoms with E-state index in [2.05, 4.69) is 35.7 Å². The molecule has 25 heavy (non-hydrogen) atoms. The summed E-state index contributed by atoms with van der Waals surface area (Å²) in [6.45, 7) is 3.48. The molecule has 8 nitrogen and oxygen atoms in total. The molecule has 0 saturated carbocycles. The van der Waals surface area contributed by atoms with E-state index >= 15 is 0 Å². The minimum atomic E-state index is 0.406. The number of ether oxygens (including phenoxy) is 1. The number of nitriles is 1. The number of anilines is 2. The van der Waals surface area contributed by atoms with Crippen LogP contribution in [-0.4, -0.2) is 37.5 Å². The molecule has 1 aliphatic heterocycles. The maximum Gasteiger partial charge on any atom is 0.230 e. The van der Waals surface area contributed by atoms with E-state index in [0.29, 0.717) is 23.4 Å². The Morgan fingerprint density at radius 2 is 2.08 bits per heavy atom. The van der Waals surface area contributed by atoms with Gasteiger partial charge in [-0.15, -0.1) is 0 Å². The molecule has 0 unspecified atom stereocenters. The maximum atomic E-state index is 8.94. The molecule has 4 heterocycles. The first-order chi connectivity index (χ1) is 12.2. The van der Waals surface area contributed by atoms with Gasteiger partial charge in [-0.1, -0.05) is 0 Å². The molecular formula is C17H19N7O. The highest BCUT2D eigenvalue weighted by molar-refractivity contribution is 5.74. The third-order valence-electron chi connectivity index (χ3n) is 4.61. The summed E-state index contributed by atoms with van der Waals surface area (Å²) in [7, 11) is 2.03. The zero-order chi connectivity index (χ0) is 17.4. The smallest absolute Gasteiger partial charge is 0.230 e. The second-order valence-corrected chi connectivity index (χ2v) is 6.24. The molecule has 0 radical (unpaired) electrons. The topological polar surface area (TPSA) is 93.6 Å².